The zero-order valence-electron chi connectivity index (χ0n) is 20.5. The SMILES string of the molecule is COc1ccc(NC(=O)C(C(C)C)N(Cc2ccc(Cl)cc2)C(=O)Cc2ccccc2)c(OC)c1. The standard InChI is InChI=1S/C28H31ClN2O4/c1-19(2)27(28(33)30-24-15-14-23(34-3)17-25(24)35-4)31(18-21-10-12-22(29)13-11-21)26(32)16-20-8-6-5-7-9-20/h5-15,17,19,27H,16,18H2,1-4H3,(H,30,33). The number of nitrogens with zero attached hydrogens (tertiary/aromatic N) is 1. The Bertz CT molecular complexity index is 1130. The largest absolute Gasteiger partial charge is 0.497 e. The van der Waals surface area contributed by atoms with E-state index in [1.165, 1.54) is 7.11 Å². The summed E-state index contributed by atoms with van der Waals surface area (Å²) in [5.74, 6) is 0.509. The molecule has 3 aromatic rings. The number of benzene rings is 3. The van der Waals surface area contributed by atoms with Crippen LogP contribution in [0, 0.1) is 5.92 Å². The number of anilines is 1. The van der Waals surface area contributed by atoms with E-state index in [0.29, 0.717) is 22.2 Å². The fourth-order valence-corrected chi connectivity index (χ4v) is 4.04. The minimum Gasteiger partial charge on any atom is -0.497 e. The van der Waals surface area contributed by atoms with Crippen molar-refractivity contribution in [3.63, 3.8) is 0 Å². The van der Waals surface area contributed by atoms with E-state index < -0.39 is 6.04 Å². The third-order valence-corrected chi connectivity index (χ3v) is 5.94. The van der Waals surface area contributed by atoms with Crippen molar-refractivity contribution in [2.75, 3.05) is 19.5 Å². The van der Waals surface area contributed by atoms with Crippen LogP contribution in [0.4, 0.5) is 5.69 Å². The van der Waals surface area contributed by atoms with E-state index in [1.807, 2.05) is 56.3 Å². The van der Waals surface area contributed by atoms with Gasteiger partial charge in [-0.2, -0.15) is 0 Å². The van der Waals surface area contributed by atoms with Gasteiger partial charge in [0.1, 0.15) is 17.5 Å². The summed E-state index contributed by atoms with van der Waals surface area (Å²) in [6, 6.07) is 21.3. The van der Waals surface area contributed by atoms with Gasteiger partial charge in [-0.3, -0.25) is 9.59 Å². The number of rotatable bonds is 10. The van der Waals surface area contributed by atoms with Gasteiger partial charge in [-0.15, -0.1) is 0 Å². The average Bonchev–Trinajstić information content (AvgIpc) is 2.85. The number of methoxy groups -OCH3 is 2. The molecule has 3 rings (SSSR count). The molecule has 0 saturated carbocycles. The molecular formula is C28H31ClN2O4. The molecule has 0 heterocycles. The van der Waals surface area contributed by atoms with Gasteiger partial charge in [-0.05, 0) is 41.3 Å². The van der Waals surface area contributed by atoms with Crippen molar-refractivity contribution in [1.82, 2.24) is 4.90 Å². The van der Waals surface area contributed by atoms with E-state index in [-0.39, 0.29) is 30.7 Å². The summed E-state index contributed by atoms with van der Waals surface area (Å²) in [4.78, 5) is 28.8. The van der Waals surface area contributed by atoms with Gasteiger partial charge in [0.25, 0.3) is 0 Å². The fraction of sp³-hybridized carbons (Fsp3) is 0.286. The van der Waals surface area contributed by atoms with Crippen LogP contribution in [0.15, 0.2) is 72.8 Å². The Hall–Kier alpha value is -3.51. The molecule has 184 valence electrons. The number of ether oxygens (including phenoxy) is 2. The monoisotopic (exact) mass is 494 g/mol. The second-order valence-corrected chi connectivity index (χ2v) is 8.99. The molecule has 1 N–H and O–H groups in total. The molecule has 0 fully saturated rings. The normalized spacial score (nSPS) is 11.6. The number of halogens is 1. The van der Waals surface area contributed by atoms with Crippen LogP contribution in [-0.4, -0.2) is 37.0 Å². The van der Waals surface area contributed by atoms with Crippen LogP contribution in [0.5, 0.6) is 11.5 Å². The maximum absolute atomic E-state index is 13.6. The maximum Gasteiger partial charge on any atom is 0.247 e. The third kappa shape index (κ3) is 6.99. The molecule has 0 bridgehead atoms. The van der Waals surface area contributed by atoms with Crippen LogP contribution in [0.3, 0.4) is 0 Å². The van der Waals surface area contributed by atoms with Crippen LogP contribution in [0.25, 0.3) is 0 Å². The molecule has 2 amide bonds. The van der Waals surface area contributed by atoms with Gasteiger partial charge < -0.3 is 19.7 Å². The topological polar surface area (TPSA) is 67.9 Å². The molecule has 0 radical (unpaired) electrons. The van der Waals surface area contributed by atoms with E-state index in [2.05, 4.69) is 5.32 Å². The van der Waals surface area contributed by atoms with Crippen molar-refractivity contribution in [3.05, 3.63) is 88.9 Å². The van der Waals surface area contributed by atoms with Gasteiger partial charge in [0, 0.05) is 17.6 Å². The Morgan fingerprint density at radius 2 is 1.60 bits per heavy atom. The zero-order chi connectivity index (χ0) is 25.4. The van der Waals surface area contributed by atoms with Gasteiger partial charge in [0.15, 0.2) is 0 Å². The third-order valence-electron chi connectivity index (χ3n) is 5.69. The number of carbonyl (C=O) groups excluding carboxylic acids is 2. The molecule has 0 spiro atoms. The Kier molecular flexibility index (Phi) is 9.15. The number of hydrogen-bond acceptors (Lipinski definition) is 4. The highest BCUT2D eigenvalue weighted by Gasteiger charge is 2.33. The summed E-state index contributed by atoms with van der Waals surface area (Å²) >= 11 is 6.06. The smallest absolute Gasteiger partial charge is 0.247 e. The number of amides is 2. The van der Waals surface area contributed by atoms with Crippen molar-refractivity contribution >= 4 is 29.1 Å². The highest BCUT2D eigenvalue weighted by molar-refractivity contribution is 6.30. The Morgan fingerprint density at radius 1 is 0.914 bits per heavy atom. The highest BCUT2D eigenvalue weighted by atomic mass is 35.5. The molecule has 35 heavy (non-hydrogen) atoms. The minimum atomic E-state index is -0.714. The Morgan fingerprint density at radius 3 is 2.20 bits per heavy atom. The molecule has 7 heteroatoms. The predicted molar refractivity (Wildman–Crippen MR) is 139 cm³/mol. The predicted octanol–water partition coefficient (Wildman–Crippen LogP) is 5.59. The average molecular weight is 495 g/mol. The lowest BCUT2D eigenvalue weighted by Crippen LogP contribution is -2.50. The van der Waals surface area contributed by atoms with E-state index in [0.717, 1.165) is 11.1 Å². The maximum atomic E-state index is 13.6. The first kappa shape index (κ1) is 26.1. The number of carbonyl (C=O) groups is 2. The van der Waals surface area contributed by atoms with Crippen LogP contribution < -0.4 is 14.8 Å². The van der Waals surface area contributed by atoms with Crippen LogP contribution in [-0.2, 0) is 22.6 Å². The van der Waals surface area contributed by atoms with Crippen LogP contribution in [0.1, 0.15) is 25.0 Å². The van der Waals surface area contributed by atoms with Crippen molar-refractivity contribution in [1.29, 1.82) is 0 Å². The second kappa shape index (κ2) is 12.3. The van der Waals surface area contributed by atoms with Gasteiger partial charge in [-0.1, -0.05) is 67.9 Å². The summed E-state index contributed by atoms with van der Waals surface area (Å²) in [5, 5.41) is 3.57. The molecule has 0 saturated heterocycles. The lowest BCUT2D eigenvalue weighted by Gasteiger charge is -2.34. The molecular weight excluding hydrogens is 464 g/mol. The lowest BCUT2D eigenvalue weighted by molar-refractivity contribution is -0.140. The first-order chi connectivity index (χ1) is 16.8. The quantitative estimate of drug-likeness (QED) is 0.399. The fourth-order valence-electron chi connectivity index (χ4n) is 3.91. The van der Waals surface area contributed by atoms with Crippen molar-refractivity contribution in [2.45, 2.75) is 32.9 Å². The number of nitrogens with one attached hydrogen (secondary N) is 1. The van der Waals surface area contributed by atoms with Crippen LogP contribution in [0.2, 0.25) is 5.02 Å². The van der Waals surface area contributed by atoms with E-state index in [4.69, 9.17) is 21.1 Å². The van der Waals surface area contributed by atoms with Gasteiger partial charge in [-0.25, -0.2) is 0 Å². The summed E-state index contributed by atoms with van der Waals surface area (Å²) in [5.41, 5.74) is 2.28. The van der Waals surface area contributed by atoms with Crippen molar-refractivity contribution in [2.24, 2.45) is 5.92 Å². The molecule has 0 aromatic heterocycles. The van der Waals surface area contributed by atoms with E-state index >= 15 is 0 Å². The summed E-state index contributed by atoms with van der Waals surface area (Å²) < 4.78 is 10.7. The molecule has 0 aliphatic rings. The Balaban J connectivity index is 1.92. The van der Waals surface area contributed by atoms with Crippen molar-refractivity contribution < 1.29 is 19.1 Å². The summed E-state index contributed by atoms with van der Waals surface area (Å²) in [6.45, 7) is 4.14. The minimum absolute atomic E-state index is 0.137. The second-order valence-electron chi connectivity index (χ2n) is 8.55. The molecule has 0 aliphatic carbocycles. The first-order valence-corrected chi connectivity index (χ1v) is 11.8. The first-order valence-electron chi connectivity index (χ1n) is 11.4. The zero-order valence-corrected chi connectivity index (χ0v) is 21.2. The van der Waals surface area contributed by atoms with E-state index in [9.17, 15) is 9.59 Å². The summed E-state index contributed by atoms with van der Waals surface area (Å²) in [6.07, 6.45) is 0.191. The van der Waals surface area contributed by atoms with Gasteiger partial charge >= 0.3 is 0 Å². The molecule has 0 aliphatic heterocycles. The summed E-state index contributed by atoms with van der Waals surface area (Å²) in [7, 11) is 3.09. The van der Waals surface area contributed by atoms with Crippen LogP contribution >= 0.6 is 11.6 Å². The van der Waals surface area contributed by atoms with Crippen molar-refractivity contribution in [3.8, 4) is 11.5 Å². The van der Waals surface area contributed by atoms with E-state index in [1.54, 1.807) is 42.3 Å². The van der Waals surface area contributed by atoms with Gasteiger partial charge in [0.05, 0.1) is 26.3 Å². The molecule has 3 aromatic carbocycles. The molecule has 6 nitrogen and oxygen atoms in total. The molecule has 1 atom stereocenters. The van der Waals surface area contributed by atoms with Gasteiger partial charge in [0.2, 0.25) is 11.8 Å². The Labute approximate surface area is 211 Å². The molecule has 1 unspecified atom stereocenters. The highest BCUT2D eigenvalue weighted by Crippen LogP contribution is 2.30. The number of hydrogen-bond donors (Lipinski definition) is 1. The lowest BCUT2D eigenvalue weighted by atomic mass is 9.99.